The first-order valence-corrected chi connectivity index (χ1v) is 6.13. The molecule has 0 amide bonds. The van der Waals surface area contributed by atoms with Gasteiger partial charge in [0.1, 0.15) is 0 Å². The van der Waals surface area contributed by atoms with Crippen LogP contribution < -0.4 is 0 Å². The lowest BCUT2D eigenvalue weighted by atomic mass is 10.4. The Kier molecular flexibility index (Phi) is 1.71. The molecule has 0 aliphatic rings. The van der Waals surface area contributed by atoms with E-state index in [2.05, 4.69) is 0 Å². The van der Waals surface area contributed by atoms with E-state index in [0.717, 1.165) is 6.26 Å². The quantitative estimate of drug-likeness (QED) is 0.738. The fourth-order valence-corrected chi connectivity index (χ4v) is 2.48. The number of furan rings is 1. The van der Waals surface area contributed by atoms with Gasteiger partial charge in [-0.2, -0.15) is 0 Å². The zero-order valence-corrected chi connectivity index (χ0v) is 8.21. The van der Waals surface area contributed by atoms with Crippen LogP contribution in [0.2, 0.25) is 0 Å². The summed E-state index contributed by atoms with van der Waals surface area (Å²) in [5.74, 6) is -0.793. The Balaban J connectivity index is 2.86. The fourth-order valence-electron chi connectivity index (χ4n) is 1.01. The van der Waals surface area contributed by atoms with Crippen molar-refractivity contribution in [2.75, 3.05) is 6.26 Å². The molecule has 2 aromatic heterocycles. The first kappa shape index (κ1) is 8.71. The summed E-state index contributed by atoms with van der Waals surface area (Å²) in [4.78, 5) is 0.304. The van der Waals surface area contributed by atoms with Gasteiger partial charge in [-0.1, -0.05) is 0 Å². The molecule has 2 aromatic rings. The molecule has 0 bridgehead atoms. The number of sulfone groups is 1. The molecule has 3 nitrogen and oxygen atoms in total. The Bertz CT molecular complexity index is 549. The van der Waals surface area contributed by atoms with Crippen LogP contribution in [0.25, 0.3) is 10.3 Å². The molecule has 70 valence electrons. The van der Waals surface area contributed by atoms with Crippen molar-refractivity contribution in [3.05, 3.63) is 17.3 Å². The summed E-state index contributed by atoms with van der Waals surface area (Å²) < 4.78 is 40.1. The van der Waals surface area contributed by atoms with Crippen LogP contribution in [0, 0.1) is 5.82 Å². The van der Waals surface area contributed by atoms with Gasteiger partial charge in [-0.15, -0.1) is 11.3 Å². The molecule has 6 heteroatoms. The van der Waals surface area contributed by atoms with Crippen LogP contribution in [0.1, 0.15) is 0 Å². The molecule has 13 heavy (non-hydrogen) atoms. The second kappa shape index (κ2) is 2.55. The highest BCUT2D eigenvalue weighted by Crippen LogP contribution is 2.31. The van der Waals surface area contributed by atoms with Gasteiger partial charge in [-0.05, 0) is 11.4 Å². The predicted molar refractivity (Wildman–Crippen MR) is 47.2 cm³/mol. The maximum absolute atomic E-state index is 13.3. The number of rotatable bonds is 1. The molecule has 2 heterocycles. The van der Waals surface area contributed by atoms with Crippen molar-refractivity contribution in [2.45, 2.75) is 5.09 Å². The van der Waals surface area contributed by atoms with E-state index in [9.17, 15) is 12.8 Å². The Labute approximate surface area is 77.7 Å². The summed E-state index contributed by atoms with van der Waals surface area (Å²) in [7, 11) is -3.60. The molecular formula is C7H5FO3S2. The molecule has 0 aliphatic carbocycles. The van der Waals surface area contributed by atoms with E-state index >= 15 is 0 Å². The van der Waals surface area contributed by atoms with E-state index in [1.54, 1.807) is 5.38 Å². The Morgan fingerprint density at radius 1 is 1.54 bits per heavy atom. The van der Waals surface area contributed by atoms with E-state index in [0.29, 0.717) is 4.90 Å². The first-order chi connectivity index (χ1) is 6.00. The summed E-state index contributed by atoms with van der Waals surface area (Å²) >= 11 is 1.17. The Morgan fingerprint density at radius 2 is 2.23 bits per heavy atom. The number of halogens is 1. The largest absolute Gasteiger partial charge is 0.431 e. The topological polar surface area (TPSA) is 47.3 Å². The molecule has 0 unspecified atom stereocenters. The highest BCUT2D eigenvalue weighted by atomic mass is 32.2. The third-order valence-corrected chi connectivity index (χ3v) is 3.29. The lowest BCUT2D eigenvalue weighted by Crippen LogP contribution is -1.96. The summed E-state index contributed by atoms with van der Waals surface area (Å²) in [6.45, 7) is 0. The van der Waals surface area contributed by atoms with Crippen LogP contribution in [-0.4, -0.2) is 14.7 Å². The average molecular weight is 220 g/mol. The third-order valence-electron chi connectivity index (χ3n) is 1.57. The molecule has 0 atom stereocenters. The molecule has 0 aromatic carbocycles. The van der Waals surface area contributed by atoms with Gasteiger partial charge in [-0.25, -0.2) is 12.8 Å². The van der Waals surface area contributed by atoms with Crippen LogP contribution in [-0.2, 0) is 9.84 Å². The van der Waals surface area contributed by atoms with Crippen molar-refractivity contribution in [3.63, 3.8) is 0 Å². The van der Waals surface area contributed by atoms with Gasteiger partial charge in [0, 0.05) is 6.26 Å². The average Bonchev–Trinajstić information content (AvgIpc) is 2.51. The molecule has 0 saturated carbocycles. The van der Waals surface area contributed by atoms with Crippen molar-refractivity contribution in [1.82, 2.24) is 0 Å². The highest BCUT2D eigenvalue weighted by Gasteiger charge is 2.22. The van der Waals surface area contributed by atoms with Crippen LogP contribution in [0.3, 0.4) is 0 Å². The number of thiophene rings is 1. The van der Waals surface area contributed by atoms with Crippen molar-refractivity contribution in [1.29, 1.82) is 0 Å². The minimum atomic E-state index is -3.60. The first-order valence-electron chi connectivity index (χ1n) is 3.35. The second-order valence-corrected chi connectivity index (χ2v) is 5.39. The van der Waals surface area contributed by atoms with Crippen molar-refractivity contribution in [3.8, 4) is 0 Å². The minimum Gasteiger partial charge on any atom is -0.431 e. The summed E-state index contributed by atoms with van der Waals surface area (Å²) in [5, 5.41) is 1.29. The molecule has 0 aliphatic heterocycles. The van der Waals surface area contributed by atoms with Gasteiger partial charge in [0.2, 0.25) is 9.84 Å². The van der Waals surface area contributed by atoms with E-state index in [4.69, 9.17) is 4.42 Å². The van der Waals surface area contributed by atoms with Gasteiger partial charge >= 0.3 is 0 Å². The lowest BCUT2D eigenvalue weighted by molar-refractivity contribution is 0.440. The second-order valence-electron chi connectivity index (χ2n) is 2.60. The Hall–Kier alpha value is -0.880. The predicted octanol–water partition coefficient (Wildman–Crippen LogP) is 2.04. The van der Waals surface area contributed by atoms with Crippen LogP contribution in [0.5, 0.6) is 0 Å². The zero-order chi connectivity index (χ0) is 9.64. The molecule has 0 fully saturated rings. The van der Waals surface area contributed by atoms with E-state index in [1.165, 1.54) is 17.4 Å². The lowest BCUT2D eigenvalue weighted by Gasteiger charge is -1.89. The normalized spacial score (nSPS) is 12.5. The standard InChI is InChI=1S/C7H5FO3S2/c1-13(9,10)7-5(8)4-2-3-12-6(4)11-7/h2-3H,1H3. The molecule has 0 N–H and O–H groups in total. The highest BCUT2D eigenvalue weighted by molar-refractivity contribution is 7.90. The van der Waals surface area contributed by atoms with Gasteiger partial charge in [0.05, 0.1) is 5.39 Å². The maximum Gasteiger partial charge on any atom is 0.255 e. The van der Waals surface area contributed by atoms with Gasteiger partial charge in [-0.3, -0.25) is 0 Å². The fraction of sp³-hybridized carbons (Fsp3) is 0.143. The van der Waals surface area contributed by atoms with E-state index in [1.807, 2.05) is 0 Å². The van der Waals surface area contributed by atoms with Crippen molar-refractivity contribution < 1.29 is 17.2 Å². The van der Waals surface area contributed by atoms with Crippen molar-refractivity contribution in [2.24, 2.45) is 0 Å². The van der Waals surface area contributed by atoms with Crippen LogP contribution >= 0.6 is 11.3 Å². The van der Waals surface area contributed by atoms with E-state index in [-0.39, 0.29) is 5.39 Å². The smallest absolute Gasteiger partial charge is 0.255 e. The molecule has 0 radical (unpaired) electrons. The number of fused-ring (bicyclic) bond motifs is 1. The zero-order valence-electron chi connectivity index (χ0n) is 6.57. The van der Waals surface area contributed by atoms with Crippen LogP contribution in [0.15, 0.2) is 21.0 Å². The third kappa shape index (κ3) is 1.26. The van der Waals surface area contributed by atoms with Gasteiger partial charge in [0.15, 0.2) is 10.7 Å². The molecule has 2 rings (SSSR count). The minimum absolute atomic E-state index is 0.227. The molecule has 0 spiro atoms. The molecule has 0 saturated heterocycles. The summed E-state index contributed by atoms with van der Waals surface area (Å²) in [6, 6.07) is 1.49. The number of hydrogen-bond donors (Lipinski definition) is 0. The number of hydrogen-bond acceptors (Lipinski definition) is 4. The SMILES string of the molecule is CS(=O)(=O)c1oc2sccc2c1F. The van der Waals surface area contributed by atoms with Gasteiger partial charge in [0.25, 0.3) is 5.09 Å². The monoisotopic (exact) mass is 220 g/mol. The Morgan fingerprint density at radius 3 is 2.77 bits per heavy atom. The van der Waals surface area contributed by atoms with Crippen molar-refractivity contribution >= 4 is 31.5 Å². The molecular weight excluding hydrogens is 215 g/mol. The summed E-state index contributed by atoms with van der Waals surface area (Å²) in [5.41, 5.74) is 0. The van der Waals surface area contributed by atoms with Gasteiger partial charge < -0.3 is 4.42 Å². The van der Waals surface area contributed by atoms with E-state index < -0.39 is 20.7 Å². The maximum atomic E-state index is 13.3. The van der Waals surface area contributed by atoms with Crippen LogP contribution in [0.4, 0.5) is 4.39 Å². The summed E-state index contributed by atoms with van der Waals surface area (Å²) in [6.07, 6.45) is 0.915.